The zero-order valence-electron chi connectivity index (χ0n) is 15.2. The van der Waals surface area contributed by atoms with E-state index in [-0.39, 0.29) is 11.8 Å². The SMILES string of the molecule is COC(=O)CN1CCC(CCC(=O)c2ccc(OC)c(OC)c2)CC1. The third-order valence-corrected chi connectivity index (χ3v) is 4.77. The summed E-state index contributed by atoms with van der Waals surface area (Å²) in [5, 5.41) is 0. The number of likely N-dealkylation sites (tertiary alicyclic amines) is 1. The van der Waals surface area contributed by atoms with Crippen LogP contribution < -0.4 is 9.47 Å². The Hall–Kier alpha value is -2.08. The van der Waals surface area contributed by atoms with Gasteiger partial charge in [0.15, 0.2) is 17.3 Å². The Morgan fingerprint density at radius 1 is 1.08 bits per heavy atom. The van der Waals surface area contributed by atoms with E-state index in [1.807, 2.05) is 0 Å². The maximum absolute atomic E-state index is 12.4. The minimum atomic E-state index is -0.193. The fourth-order valence-electron chi connectivity index (χ4n) is 3.17. The number of Topliss-reactive ketones (excluding diaryl/α,β-unsaturated/α-hetero) is 1. The summed E-state index contributed by atoms with van der Waals surface area (Å²) in [6, 6.07) is 5.28. The van der Waals surface area contributed by atoms with Gasteiger partial charge in [0.1, 0.15) is 0 Å². The molecule has 1 heterocycles. The summed E-state index contributed by atoms with van der Waals surface area (Å²) in [6.45, 7) is 2.11. The average Bonchev–Trinajstić information content (AvgIpc) is 2.66. The van der Waals surface area contributed by atoms with Crippen LogP contribution in [0.25, 0.3) is 0 Å². The van der Waals surface area contributed by atoms with Crippen molar-refractivity contribution in [3.63, 3.8) is 0 Å². The first-order valence-corrected chi connectivity index (χ1v) is 8.61. The van der Waals surface area contributed by atoms with Gasteiger partial charge in [-0.05, 0) is 56.5 Å². The topological polar surface area (TPSA) is 65.1 Å². The molecule has 1 aliphatic rings. The maximum Gasteiger partial charge on any atom is 0.319 e. The fraction of sp³-hybridized carbons (Fsp3) is 0.579. The molecule has 0 saturated carbocycles. The number of ether oxygens (including phenoxy) is 3. The quantitative estimate of drug-likeness (QED) is 0.531. The summed E-state index contributed by atoms with van der Waals surface area (Å²) in [5.41, 5.74) is 0.653. The summed E-state index contributed by atoms with van der Waals surface area (Å²) >= 11 is 0. The Kier molecular flexibility index (Phi) is 7.25. The van der Waals surface area contributed by atoms with Crippen molar-refractivity contribution in [3.8, 4) is 11.5 Å². The Balaban J connectivity index is 1.80. The van der Waals surface area contributed by atoms with E-state index in [0.29, 0.717) is 35.9 Å². The van der Waals surface area contributed by atoms with Crippen molar-refractivity contribution in [1.82, 2.24) is 4.90 Å². The molecule has 0 aromatic heterocycles. The van der Waals surface area contributed by atoms with Crippen LogP contribution in [0.1, 0.15) is 36.0 Å². The second-order valence-corrected chi connectivity index (χ2v) is 6.33. The van der Waals surface area contributed by atoms with Gasteiger partial charge in [0.25, 0.3) is 0 Å². The highest BCUT2D eigenvalue weighted by atomic mass is 16.5. The van der Waals surface area contributed by atoms with Crippen LogP contribution in [0.5, 0.6) is 11.5 Å². The van der Waals surface area contributed by atoms with Crippen molar-refractivity contribution in [2.75, 3.05) is 41.0 Å². The lowest BCUT2D eigenvalue weighted by Gasteiger charge is -2.30. The van der Waals surface area contributed by atoms with E-state index in [2.05, 4.69) is 4.90 Å². The van der Waals surface area contributed by atoms with Gasteiger partial charge in [-0.3, -0.25) is 14.5 Å². The molecule has 0 spiro atoms. The monoisotopic (exact) mass is 349 g/mol. The van der Waals surface area contributed by atoms with Crippen molar-refractivity contribution in [2.45, 2.75) is 25.7 Å². The van der Waals surface area contributed by atoms with Gasteiger partial charge in [-0.25, -0.2) is 0 Å². The van der Waals surface area contributed by atoms with Gasteiger partial charge in [-0.15, -0.1) is 0 Å². The molecule has 0 N–H and O–H groups in total. The molecule has 1 aromatic rings. The first kappa shape index (κ1) is 19.2. The van der Waals surface area contributed by atoms with Crippen molar-refractivity contribution < 1.29 is 23.8 Å². The number of benzene rings is 1. The molecular formula is C19H27NO5. The van der Waals surface area contributed by atoms with E-state index in [4.69, 9.17) is 14.2 Å². The lowest BCUT2D eigenvalue weighted by atomic mass is 9.90. The molecule has 0 unspecified atom stereocenters. The molecule has 1 aromatic carbocycles. The van der Waals surface area contributed by atoms with Crippen LogP contribution in [0.2, 0.25) is 0 Å². The predicted molar refractivity (Wildman–Crippen MR) is 94.3 cm³/mol. The summed E-state index contributed by atoms with van der Waals surface area (Å²) in [7, 11) is 4.55. The zero-order chi connectivity index (χ0) is 18.2. The molecule has 6 nitrogen and oxygen atoms in total. The van der Waals surface area contributed by atoms with E-state index >= 15 is 0 Å². The zero-order valence-corrected chi connectivity index (χ0v) is 15.2. The number of ketones is 1. The summed E-state index contributed by atoms with van der Waals surface area (Å²) in [4.78, 5) is 25.8. The normalized spacial score (nSPS) is 15.6. The number of carbonyl (C=O) groups excluding carboxylic acids is 2. The van der Waals surface area contributed by atoms with E-state index in [1.54, 1.807) is 32.4 Å². The lowest BCUT2D eigenvalue weighted by Crippen LogP contribution is -2.37. The molecule has 1 fully saturated rings. The van der Waals surface area contributed by atoms with Gasteiger partial charge in [-0.1, -0.05) is 0 Å². The van der Waals surface area contributed by atoms with Crippen LogP contribution in [-0.2, 0) is 9.53 Å². The molecule has 0 atom stereocenters. The number of methoxy groups -OCH3 is 3. The van der Waals surface area contributed by atoms with Crippen molar-refractivity contribution in [2.24, 2.45) is 5.92 Å². The molecule has 0 bridgehead atoms. The summed E-state index contributed by atoms with van der Waals surface area (Å²) in [5.74, 6) is 1.65. The fourth-order valence-corrected chi connectivity index (χ4v) is 3.17. The first-order valence-electron chi connectivity index (χ1n) is 8.61. The predicted octanol–water partition coefficient (Wildman–Crippen LogP) is 2.55. The second kappa shape index (κ2) is 9.42. The highest BCUT2D eigenvalue weighted by molar-refractivity contribution is 5.96. The third kappa shape index (κ3) is 5.46. The van der Waals surface area contributed by atoms with E-state index in [9.17, 15) is 9.59 Å². The standard InChI is InChI=1S/C19H27NO5/c1-23-17-7-5-15(12-18(17)24-2)16(21)6-4-14-8-10-20(11-9-14)13-19(22)25-3/h5,7,12,14H,4,6,8-11,13H2,1-3H3. The minimum Gasteiger partial charge on any atom is -0.493 e. The van der Waals surface area contributed by atoms with E-state index in [1.165, 1.54) is 7.11 Å². The highest BCUT2D eigenvalue weighted by Gasteiger charge is 2.22. The minimum absolute atomic E-state index is 0.123. The number of hydrogen-bond donors (Lipinski definition) is 0. The van der Waals surface area contributed by atoms with Crippen molar-refractivity contribution >= 4 is 11.8 Å². The van der Waals surface area contributed by atoms with Crippen LogP contribution in [-0.4, -0.2) is 57.6 Å². The van der Waals surface area contributed by atoms with Crippen molar-refractivity contribution in [3.05, 3.63) is 23.8 Å². The number of nitrogens with zero attached hydrogens (tertiary/aromatic N) is 1. The Labute approximate surface area is 149 Å². The Morgan fingerprint density at radius 2 is 1.76 bits per heavy atom. The molecule has 2 rings (SSSR count). The number of carbonyl (C=O) groups is 2. The van der Waals surface area contributed by atoms with Crippen LogP contribution in [0.4, 0.5) is 0 Å². The molecule has 6 heteroatoms. The molecular weight excluding hydrogens is 322 g/mol. The lowest BCUT2D eigenvalue weighted by molar-refractivity contribution is -0.142. The maximum atomic E-state index is 12.4. The average molecular weight is 349 g/mol. The van der Waals surface area contributed by atoms with Crippen LogP contribution in [0, 0.1) is 5.92 Å². The van der Waals surface area contributed by atoms with Crippen LogP contribution in [0.3, 0.4) is 0 Å². The Bertz CT molecular complexity index is 593. The molecule has 1 aliphatic heterocycles. The molecule has 0 amide bonds. The Morgan fingerprint density at radius 3 is 2.36 bits per heavy atom. The molecule has 138 valence electrons. The molecule has 0 aliphatic carbocycles. The van der Waals surface area contributed by atoms with Gasteiger partial charge in [0.05, 0.1) is 27.9 Å². The highest BCUT2D eigenvalue weighted by Crippen LogP contribution is 2.29. The van der Waals surface area contributed by atoms with Gasteiger partial charge >= 0.3 is 5.97 Å². The largest absolute Gasteiger partial charge is 0.493 e. The van der Waals surface area contributed by atoms with Crippen molar-refractivity contribution in [1.29, 1.82) is 0 Å². The number of hydrogen-bond acceptors (Lipinski definition) is 6. The summed E-state index contributed by atoms with van der Waals surface area (Å²) in [6.07, 6.45) is 3.42. The summed E-state index contributed by atoms with van der Waals surface area (Å²) < 4.78 is 15.2. The van der Waals surface area contributed by atoms with Gasteiger partial charge < -0.3 is 14.2 Å². The van der Waals surface area contributed by atoms with Crippen LogP contribution in [0.15, 0.2) is 18.2 Å². The molecule has 0 radical (unpaired) electrons. The van der Waals surface area contributed by atoms with Gasteiger partial charge in [-0.2, -0.15) is 0 Å². The molecule has 25 heavy (non-hydrogen) atoms. The second-order valence-electron chi connectivity index (χ2n) is 6.33. The van der Waals surface area contributed by atoms with Crippen LogP contribution >= 0.6 is 0 Å². The van der Waals surface area contributed by atoms with E-state index < -0.39 is 0 Å². The molecule has 1 saturated heterocycles. The number of piperidine rings is 1. The third-order valence-electron chi connectivity index (χ3n) is 4.77. The van der Waals surface area contributed by atoms with E-state index in [0.717, 1.165) is 32.4 Å². The first-order chi connectivity index (χ1) is 12.1. The number of rotatable bonds is 8. The number of esters is 1. The van der Waals surface area contributed by atoms with Gasteiger partial charge in [0, 0.05) is 12.0 Å². The van der Waals surface area contributed by atoms with Gasteiger partial charge in [0.2, 0.25) is 0 Å². The smallest absolute Gasteiger partial charge is 0.319 e.